The van der Waals surface area contributed by atoms with Crippen LogP contribution in [0, 0.1) is 13.8 Å². The van der Waals surface area contributed by atoms with Crippen molar-refractivity contribution in [2.45, 2.75) is 18.7 Å². The molecule has 0 saturated heterocycles. The summed E-state index contributed by atoms with van der Waals surface area (Å²) in [6.07, 6.45) is 0. The van der Waals surface area contributed by atoms with Crippen LogP contribution in [-0.4, -0.2) is 27.5 Å². The van der Waals surface area contributed by atoms with Gasteiger partial charge >= 0.3 is 0 Å². The average molecular weight is 425 g/mol. The molecule has 0 atom stereocenters. The van der Waals surface area contributed by atoms with Crippen LogP contribution in [0.4, 0.5) is 5.69 Å². The number of hydrogen-bond acceptors (Lipinski definition) is 4. The lowest BCUT2D eigenvalue weighted by Crippen LogP contribution is -2.28. The van der Waals surface area contributed by atoms with Crippen molar-refractivity contribution in [3.05, 3.63) is 89.5 Å². The molecule has 0 heterocycles. The number of ether oxygens (including phenoxy) is 1. The van der Waals surface area contributed by atoms with Gasteiger partial charge in [-0.25, -0.2) is 8.42 Å². The van der Waals surface area contributed by atoms with Gasteiger partial charge in [0.05, 0.1) is 11.4 Å². The minimum atomic E-state index is -3.72. The molecule has 6 nitrogen and oxygen atoms in total. The Kier molecular flexibility index (Phi) is 6.74. The minimum Gasteiger partial charge on any atom is -0.491 e. The predicted molar refractivity (Wildman–Crippen MR) is 117 cm³/mol. The maximum Gasteiger partial charge on any atom is 0.261 e. The van der Waals surface area contributed by atoms with Crippen molar-refractivity contribution in [3.8, 4) is 5.75 Å². The Bertz CT molecular complexity index is 1130. The van der Waals surface area contributed by atoms with E-state index < -0.39 is 10.0 Å². The lowest BCUT2D eigenvalue weighted by Gasteiger charge is -2.12. The molecule has 2 N–H and O–H groups in total. The van der Waals surface area contributed by atoms with Crippen molar-refractivity contribution in [2.75, 3.05) is 17.9 Å². The molecule has 0 unspecified atom stereocenters. The molecule has 0 radical (unpaired) electrons. The molecule has 1 amide bonds. The van der Waals surface area contributed by atoms with Crippen molar-refractivity contribution in [3.63, 3.8) is 0 Å². The number of hydrogen-bond donors (Lipinski definition) is 2. The molecular weight excluding hydrogens is 400 g/mol. The summed E-state index contributed by atoms with van der Waals surface area (Å²) in [7, 11) is -3.72. The molecule has 0 aliphatic carbocycles. The monoisotopic (exact) mass is 424 g/mol. The Balaban J connectivity index is 1.57. The summed E-state index contributed by atoms with van der Waals surface area (Å²) in [6.45, 7) is 4.66. The molecule has 3 rings (SSSR count). The van der Waals surface area contributed by atoms with Gasteiger partial charge in [0.1, 0.15) is 12.4 Å². The molecule has 0 saturated carbocycles. The van der Waals surface area contributed by atoms with Gasteiger partial charge in [0.25, 0.3) is 15.9 Å². The molecule has 0 bridgehead atoms. The van der Waals surface area contributed by atoms with Gasteiger partial charge in [0.2, 0.25) is 0 Å². The Morgan fingerprint density at radius 3 is 2.43 bits per heavy atom. The van der Waals surface area contributed by atoms with E-state index in [0.29, 0.717) is 24.4 Å². The largest absolute Gasteiger partial charge is 0.491 e. The van der Waals surface area contributed by atoms with E-state index in [4.69, 9.17) is 4.74 Å². The predicted octanol–water partition coefficient (Wildman–Crippen LogP) is 3.91. The maximum absolute atomic E-state index is 12.5. The second-order valence-electron chi connectivity index (χ2n) is 6.80. The van der Waals surface area contributed by atoms with Crippen LogP contribution in [0.3, 0.4) is 0 Å². The van der Waals surface area contributed by atoms with Crippen LogP contribution in [0.5, 0.6) is 5.75 Å². The van der Waals surface area contributed by atoms with E-state index >= 15 is 0 Å². The molecule has 7 heteroatoms. The molecule has 0 aromatic heterocycles. The minimum absolute atomic E-state index is 0.156. The van der Waals surface area contributed by atoms with Crippen molar-refractivity contribution >= 4 is 21.6 Å². The number of nitrogens with one attached hydrogen (secondary N) is 2. The molecule has 0 aliphatic rings. The fourth-order valence-corrected chi connectivity index (χ4v) is 3.92. The summed E-state index contributed by atoms with van der Waals surface area (Å²) < 4.78 is 33.1. The van der Waals surface area contributed by atoms with Gasteiger partial charge in [-0.3, -0.25) is 9.52 Å². The van der Waals surface area contributed by atoms with Crippen molar-refractivity contribution < 1.29 is 17.9 Å². The Morgan fingerprint density at radius 1 is 0.933 bits per heavy atom. The average Bonchev–Trinajstić information content (AvgIpc) is 2.74. The lowest BCUT2D eigenvalue weighted by atomic mass is 10.1. The molecule has 3 aromatic carbocycles. The first-order valence-electron chi connectivity index (χ1n) is 9.52. The molecule has 156 valence electrons. The number of carbonyl (C=O) groups excluding carboxylic acids is 1. The fourth-order valence-electron chi connectivity index (χ4n) is 2.85. The van der Waals surface area contributed by atoms with Gasteiger partial charge in [-0.05, 0) is 61.4 Å². The van der Waals surface area contributed by atoms with Crippen LogP contribution in [0.15, 0.2) is 77.7 Å². The molecule has 0 aliphatic heterocycles. The quantitative estimate of drug-likeness (QED) is 0.537. The first-order chi connectivity index (χ1) is 14.4. The third-order valence-electron chi connectivity index (χ3n) is 4.63. The van der Waals surface area contributed by atoms with E-state index in [2.05, 4.69) is 10.0 Å². The van der Waals surface area contributed by atoms with Crippen LogP contribution in [0.1, 0.15) is 21.5 Å². The van der Waals surface area contributed by atoms with Crippen LogP contribution in [-0.2, 0) is 10.0 Å². The van der Waals surface area contributed by atoms with Crippen LogP contribution in [0.25, 0.3) is 0 Å². The van der Waals surface area contributed by atoms with E-state index in [1.165, 1.54) is 18.2 Å². The van der Waals surface area contributed by atoms with Crippen molar-refractivity contribution in [1.82, 2.24) is 5.32 Å². The van der Waals surface area contributed by atoms with Gasteiger partial charge in [0, 0.05) is 11.3 Å². The lowest BCUT2D eigenvalue weighted by molar-refractivity contribution is 0.0947. The van der Waals surface area contributed by atoms with E-state index in [1.807, 2.05) is 32.0 Å². The van der Waals surface area contributed by atoms with Crippen molar-refractivity contribution in [2.24, 2.45) is 0 Å². The summed E-state index contributed by atoms with van der Waals surface area (Å²) in [5, 5.41) is 2.78. The van der Waals surface area contributed by atoms with Gasteiger partial charge in [0.15, 0.2) is 0 Å². The number of aryl methyl sites for hydroxylation is 1. The third kappa shape index (κ3) is 5.39. The first kappa shape index (κ1) is 21.4. The zero-order valence-electron chi connectivity index (χ0n) is 16.9. The fraction of sp³-hybridized carbons (Fsp3) is 0.174. The molecule has 0 fully saturated rings. The van der Waals surface area contributed by atoms with Gasteiger partial charge in [-0.2, -0.15) is 0 Å². The number of sulfonamides is 1. The Labute approximate surface area is 177 Å². The summed E-state index contributed by atoms with van der Waals surface area (Å²) in [4.78, 5) is 12.6. The topological polar surface area (TPSA) is 84.5 Å². The third-order valence-corrected chi connectivity index (χ3v) is 6.03. The summed E-state index contributed by atoms with van der Waals surface area (Å²) in [5.74, 6) is 0.488. The Hall–Kier alpha value is -3.32. The first-order valence-corrected chi connectivity index (χ1v) is 11.0. The highest BCUT2D eigenvalue weighted by molar-refractivity contribution is 7.92. The Morgan fingerprint density at radius 2 is 1.67 bits per heavy atom. The standard InChI is InChI=1S/C23H24N2O4S/c1-17-8-6-13-22(18(17)2)29-15-14-24-23(26)19-9-7-10-20(16-19)25-30(27,28)21-11-4-3-5-12-21/h3-13,16,25H,14-15H2,1-2H3,(H,24,26). The highest BCUT2D eigenvalue weighted by Crippen LogP contribution is 2.20. The van der Waals surface area contributed by atoms with Crippen LogP contribution >= 0.6 is 0 Å². The highest BCUT2D eigenvalue weighted by atomic mass is 32.2. The second kappa shape index (κ2) is 9.45. The van der Waals surface area contributed by atoms with Crippen LogP contribution in [0.2, 0.25) is 0 Å². The van der Waals surface area contributed by atoms with E-state index in [1.54, 1.807) is 36.4 Å². The SMILES string of the molecule is Cc1cccc(OCCNC(=O)c2cccc(NS(=O)(=O)c3ccccc3)c2)c1C. The van der Waals surface area contributed by atoms with Gasteiger partial charge < -0.3 is 10.1 Å². The van der Waals surface area contributed by atoms with Crippen LogP contribution < -0.4 is 14.8 Å². The van der Waals surface area contributed by atoms with E-state index in [0.717, 1.165) is 16.9 Å². The molecular formula is C23H24N2O4S. The smallest absolute Gasteiger partial charge is 0.261 e. The molecule has 3 aromatic rings. The normalized spacial score (nSPS) is 11.0. The number of amides is 1. The molecule has 0 spiro atoms. The number of carbonyl (C=O) groups is 1. The second-order valence-corrected chi connectivity index (χ2v) is 8.48. The number of anilines is 1. The summed E-state index contributed by atoms with van der Waals surface area (Å²) in [5.41, 5.74) is 2.89. The van der Waals surface area contributed by atoms with Gasteiger partial charge in [-0.15, -0.1) is 0 Å². The van der Waals surface area contributed by atoms with Crippen molar-refractivity contribution in [1.29, 1.82) is 0 Å². The van der Waals surface area contributed by atoms with E-state index in [-0.39, 0.29) is 10.8 Å². The summed E-state index contributed by atoms with van der Waals surface area (Å²) in [6, 6.07) is 20.3. The highest BCUT2D eigenvalue weighted by Gasteiger charge is 2.14. The number of benzene rings is 3. The van der Waals surface area contributed by atoms with Gasteiger partial charge in [-0.1, -0.05) is 36.4 Å². The summed E-state index contributed by atoms with van der Waals surface area (Å²) >= 11 is 0. The zero-order valence-corrected chi connectivity index (χ0v) is 17.7. The van der Waals surface area contributed by atoms with E-state index in [9.17, 15) is 13.2 Å². The molecule has 30 heavy (non-hydrogen) atoms. The zero-order chi connectivity index (χ0) is 21.6. The number of rotatable bonds is 8. The maximum atomic E-state index is 12.5.